The van der Waals surface area contributed by atoms with Crippen molar-refractivity contribution >= 4 is 17.5 Å². The number of carbonyl (C=O) groups excluding carboxylic acids is 1. The largest absolute Gasteiger partial charge is 0.416 e. The lowest BCUT2D eigenvalue weighted by Gasteiger charge is -2.43. The fourth-order valence-electron chi connectivity index (χ4n) is 7.91. The van der Waals surface area contributed by atoms with Crippen molar-refractivity contribution in [2.24, 2.45) is 7.05 Å². The van der Waals surface area contributed by atoms with E-state index < -0.39 is 17.6 Å². The number of methoxy groups -OCH3 is 1. The van der Waals surface area contributed by atoms with Crippen molar-refractivity contribution in [3.8, 4) is 0 Å². The van der Waals surface area contributed by atoms with Crippen LogP contribution in [-0.2, 0) is 42.9 Å². The van der Waals surface area contributed by atoms with Gasteiger partial charge in [-0.2, -0.15) is 13.2 Å². The van der Waals surface area contributed by atoms with E-state index in [-0.39, 0.29) is 41.2 Å². The van der Waals surface area contributed by atoms with Gasteiger partial charge in [-0.05, 0) is 92.8 Å². The van der Waals surface area contributed by atoms with E-state index in [4.69, 9.17) is 9.72 Å². The number of rotatable bonds is 12. The van der Waals surface area contributed by atoms with Crippen molar-refractivity contribution in [2.75, 3.05) is 43.6 Å². The first-order valence-electron chi connectivity index (χ1n) is 17.6. The summed E-state index contributed by atoms with van der Waals surface area (Å²) in [6.45, 7) is 5.63. The number of hydrogen-bond donors (Lipinski definition) is 2. The summed E-state index contributed by atoms with van der Waals surface area (Å²) < 4.78 is 50.8. The first-order chi connectivity index (χ1) is 23.5. The number of carbonyl (C=O) groups is 1. The smallest absolute Gasteiger partial charge is 0.383 e. The van der Waals surface area contributed by atoms with E-state index in [9.17, 15) is 18.0 Å². The molecule has 2 aliphatic carbocycles. The van der Waals surface area contributed by atoms with Gasteiger partial charge in [0.1, 0.15) is 23.8 Å². The normalized spacial score (nSPS) is 20.6. The Balaban J connectivity index is 1.21. The third-order valence-corrected chi connectivity index (χ3v) is 11.4. The van der Waals surface area contributed by atoms with Crippen LogP contribution in [0.15, 0.2) is 30.6 Å². The van der Waals surface area contributed by atoms with Crippen LogP contribution >= 0.6 is 0 Å². The number of ether oxygens (including phenoxy) is 1. The van der Waals surface area contributed by atoms with Crippen molar-refractivity contribution in [1.82, 2.24) is 30.0 Å². The van der Waals surface area contributed by atoms with Gasteiger partial charge in [0.25, 0.3) is 5.91 Å². The average molecular weight is 681 g/mol. The maximum absolute atomic E-state index is 14.5. The van der Waals surface area contributed by atoms with E-state index >= 15 is 0 Å². The SMILES string of the molecule is COCCN1CCC(Nc2cc(C3(Cc4nncn4C)CCC3)cc(N3Cc4c(cc(CNC5(C)CCC5)cc4C(F)(F)F)C3=O)n2)CC1. The molecule has 2 aromatic heterocycles. The van der Waals surface area contributed by atoms with Crippen molar-refractivity contribution < 1.29 is 22.7 Å². The Hall–Kier alpha value is -3.55. The van der Waals surface area contributed by atoms with Crippen LogP contribution in [0.4, 0.5) is 24.8 Å². The topological polar surface area (TPSA) is 100 Å². The zero-order valence-corrected chi connectivity index (χ0v) is 28.7. The molecule has 0 unspecified atom stereocenters. The van der Waals surface area contributed by atoms with Crippen molar-refractivity contribution in [3.05, 3.63) is 64.2 Å². The highest BCUT2D eigenvalue weighted by Gasteiger charge is 2.44. The molecule has 2 aliphatic heterocycles. The van der Waals surface area contributed by atoms with Gasteiger partial charge in [0.05, 0.1) is 18.7 Å². The summed E-state index contributed by atoms with van der Waals surface area (Å²) >= 11 is 0. The minimum absolute atomic E-state index is 0.0127. The molecule has 4 heterocycles. The highest BCUT2D eigenvalue weighted by Crippen LogP contribution is 2.48. The highest BCUT2D eigenvalue weighted by molar-refractivity contribution is 6.10. The van der Waals surface area contributed by atoms with E-state index in [1.807, 2.05) is 17.7 Å². The van der Waals surface area contributed by atoms with Gasteiger partial charge in [0, 0.05) is 69.3 Å². The molecule has 264 valence electrons. The van der Waals surface area contributed by atoms with Crippen LogP contribution in [0.1, 0.15) is 96.7 Å². The summed E-state index contributed by atoms with van der Waals surface area (Å²) in [7, 11) is 3.64. The van der Waals surface area contributed by atoms with Crippen LogP contribution in [0, 0.1) is 0 Å². The number of nitrogens with one attached hydrogen (secondary N) is 2. The minimum atomic E-state index is -4.59. The van der Waals surface area contributed by atoms with Crippen molar-refractivity contribution in [1.29, 1.82) is 0 Å². The Morgan fingerprint density at radius 2 is 1.82 bits per heavy atom. The number of halogens is 3. The zero-order chi connectivity index (χ0) is 34.4. The summed E-state index contributed by atoms with van der Waals surface area (Å²) in [5.41, 5.74) is 0.541. The number of pyridine rings is 1. The number of anilines is 2. The van der Waals surface area contributed by atoms with Gasteiger partial charge in [-0.3, -0.25) is 9.69 Å². The molecule has 7 rings (SSSR count). The number of aryl methyl sites for hydroxylation is 1. The number of hydrogen-bond acceptors (Lipinski definition) is 8. The van der Waals surface area contributed by atoms with Crippen LogP contribution in [0.25, 0.3) is 0 Å². The second-order valence-electron chi connectivity index (χ2n) is 14.8. The van der Waals surface area contributed by atoms with Crippen molar-refractivity contribution in [2.45, 2.75) is 101 Å². The predicted octanol–water partition coefficient (Wildman–Crippen LogP) is 5.61. The van der Waals surface area contributed by atoms with Crippen LogP contribution in [-0.4, -0.2) is 75.5 Å². The van der Waals surface area contributed by atoms with E-state index in [0.717, 1.165) is 82.4 Å². The van der Waals surface area contributed by atoms with E-state index in [2.05, 4.69) is 38.7 Å². The Morgan fingerprint density at radius 1 is 1.06 bits per heavy atom. The van der Waals surface area contributed by atoms with Crippen molar-refractivity contribution in [3.63, 3.8) is 0 Å². The monoisotopic (exact) mass is 680 g/mol. The Labute approximate surface area is 285 Å². The van der Waals surface area contributed by atoms with Gasteiger partial charge >= 0.3 is 6.18 Å². The van der Waals surface area contributed by atoms with E-state index in [0.29, 0.717) is 30.2 Å². The molecule has 0 radical (unpaired) electrons. The Kier molecular flexibility index (Phi) is 9.20. The number of amides is 1. The summed E-state index contributed by atoms with van der Waals surface area (Å²) in [6, 6.07) is 7.04. The number of benzene rings is 1. The molecule has 1 amide bonds. The fraction of sp³-hybridized carbons (Fsp3) is 0.611. The number of nitrogens with zero attached hydrogens (tertiary/aromatic N) is 6. The third kappa shape index (κ3) is 6.94. The van der Waals surface area contributed by atoms with Gasteiger partial charge in [-0.1, -0.05) is 6.42 Å². The molecule has 3 aromatic rings. The predicted molar refractivity (Wildman–Crippen MR) is 180 cm³/mol. The molecule has 2 N–H and O–H groups in total. The standard InChI is InChI=1S/C36H47F3N8O2/c1-34(8-4-9-34)40-21-24-16-27-28(29(17-24)36(37,38)39)22-47(33(27)48)31-19-25(35(10-5-11-35)20-32-44-41-23-45(32)2)18-30(43-31)42-26-6-12-46(13-7-26)14-15-49-3/h16-19,23,26,40H,4-15,20-22H2,1-3H3,(H,42,43). The van der Waals surface area contributed by atoms with Gasteiger partial charge in [-0.15, -0.1) is 10.2 Å². The zero-order valence-electron chi connectivity index (χ0n) is 28.7. The number of aromatic nitrogens is 4. The molecule has 0 spiro atoms. The van der Waals surface area contributed by atoms with Gasteiger partial charge in [-0.25, -0.2) is 4.98 Å². The fourth-order valence-corrected chi connectivity index (χ4v) is 7.91. The molecular weight excluding hydrogens is 633 g/mol. The maximum Gasteiger partial charge on any atom is 0.416 e. The molecule has 0 bridgehead atoms. The lowest BCUT2D eigenvalue weighted by Crippen LogP contribution is -2.47. The molecular formula is C36H47F3N8O2. The quantitative estimate of drug-likeness (QED) is 0.255. The highest BCUT2D eigenvalue weighted by atomic mass is 19.4. The second-order valence-corrected chi connectivity index (χ2v) is 14.8. The average Bonchev–Trinajstić information content (AvgIpc) is 3.61. The lowest BCUT2D eigenvalue weighted by molar-refractivity contribution is -0.138. The van der Waals surface area contributed by atoms with Crippen LogP contribution < -0.4 is 15.5 Å². The molecule has 1 saturated heterocycles. The maximum atomic E-state index is 14.5. The van der Waals surface area contributed by atoms with E-state index in [1.165, 1.54) is 11.0 Å². The first kappa shape index (κ1) is 33.9. The molecule has 13 heteroatoms. The summed E-state index contributed by atoms with van der Waals surface area (Å²) in [6.07, 6.45) is 5.62. The molecule has 49 heavy (non-hydrogen) atoms. The summed E-state index contributed by atoms with van der Waals surface area (Å²) in [4.78, 5) is 22.9. The second kappa shape index (κ2) is 13.3. The summed E-state index contributed by atoms with van der Waals surface area (Å²) in [5, 5.41) is 15.5. The number of fused-ring (bicyclic) bond motifs is 1. The first-order valence-corrected chi connectivity index (χ1v) is 17.6. The Morgan fingerprint density at radius 3 is 2.43 bits per heavy atom. The van der Waals surface area contributed by atoms with Gasteiger partial charge in [0.15, 0.2) is 0 Å². The lowest BCUT2D eigenvalue weighted by atomic mass is 9.62. The van der Waals surface area contributed by atoms with Crippen LogP contribution in [0.2, 0.25) is 0 Å². The number of likely N-dealkylation sites (tertiary alicyclic amines) is 1. The minimum Gasteiger partial charge on any atom is -0.383 e. The van der Waals surface area contributed by atoms with Crippen LogP contribution in [0.3, 0.4) is 0 Å². The molecule has 4 aliphatic rings. The van der Waals surface area contributed by atoms with Gasteiger partial charge in [0.2, 0.25) is 0 Å². The molecule has 3 fully saturated rings. The molecule has 0 atom stereocenters. The van der Waals surface area contributed by atoms with Gasteiger partial charge < -0.3 is 24.8 Å². The Bertz CT molecular complexity index is 1670. The molecule has 1 aromatic carbocycles. The summed E-state index contributed by atoms with van der Waals surface area (Å²) in [5.74, 6) is 1.44. The molecule has 2 saturated carbocycles. The number of piperidine rings is 1. The van der Waals surface area contributed by atoms with E-state index in [1.54, 1.807) is 19.5 Å². The van der Waals surface area contributed by atoms with Crippen LogP contribution in [0.5, 0.6) is 0 Å². The number of alkyl halides is 3. The third-order valence-electron chi connectivity index (χ3n) is 11.4. The molecule has 10 nitrogen and oxygen atoms in total.